The smallest absolute Gasteiger partial charge is 0.323 e. The second-order valence-corrected chi connectivity index (χ2v) is 4.51. The van der Waals surface area contributed by atoms with Gasteiger partial charge < -0.3 is 14.8 Å². The molecule has 0 saturated carbocycles. The molecule has 0 aliphatic rings. The van der Waals surface area contributed by atoms with Gasteiger partial charge in [-0.2, -0.15) is 15.0 Å². The Kier molecular flexibility index (Phi) is 5.44. The van der Waals surface area contributed by atoms with Gasteiger partial charge in [-0.25, -0.2) is 4.98 Å². The monoisotopic (exact) mass is 292 g/mol. The van der Waals surface area contributed by atoms with E-state index in [0.29, 0.717) is 31.7 Å². The van der Waals surface area contributed by atoms with Crippen LogP contribution in [-0.4, -0.2) is 50.4 Å². The molecule has 0 bridgehead atoms. The van der Waals surface area contributed by atoms with Crippen LogP contribution in [0.15, 0.2) is 18.7 Å². The first-order valence-corrected chi connectivity index (χ1v) is 6.91. The molecule has 0 saturated heterocycles. The van der Waals surface area contributed by atoms with Gasteiger partial charge in [0.2, 0.25) is 11.9 Å². The number of hydrogen-bond donors (Lipinski definition) is 1. The molecular formula is C13H20N6O2. The molecule has 1 N–H and O–H groups in total. The quantitative estimate of drug-likeness (QED) is 0.733. The van der Waals surface area contributed by atoms with Crippen LogP contribution in [0.3, 0.4) is 0 Å². The van der Waals surface area contributed by atoms with Gasteiger partial charge in [-0.1, -0.05) is 0 Å². The number of imidazole rings is 1. The summed E-state index contributed by atoms with van der Waals surface area (Å²) in [5, 5.41) is 3.05. The molecule has 114 valence electrons. The van der Waals surface area contributed by atoms with E-state index in [0.717, 1.165) is 0 Å². The highest BCUT2D eigenvalue weighted by Crippen LogP contribution is 2.10. The maximum Gasteiger partial charge on any atom is 0.323 e. The second-order valence-electron chi connectivity index (χ2n) is 4.51. The third kappa shape index (κ3) is 4.67. The highest BCUT2D eigenvalue weighted by atomic mass is 16.5. The van der Waals surface area contributed by atoms with E-state index in [1.807, 2.05) is 20.8 Å². The van der Waals surface area contributed by atoms with Crippen molar-refractivity contribution >= 4 is 5.95 Å². The Morgan fingerprint density at radius 2 is 2.10 bits per heavy atom. The van der Waals surface area contributed by atoms with Crippen LogP contribution in [0.25, 0.3) is 5.95 Å². The highest BCUT2D eigenvalue weighted by Gasteiger charge is 2.08. The molecule has 21 heavy (non-hydrogen) atoms. The summed E-state index contributed by atoms with van der Waals surface area (Å²) in [7, 11) is 0. The van der Waals surface area contributed by atoms with Gasteiger partial charge in [0.1, 0.15) is 12.9 Å². The summed E-state index contributed by atoms with van der Waals surface area (Å²) < 4.78 is 12.6. The fourth-order valence-electron chi connectivity index (χ4n) is 1.56. The molecule has 0 atom stereocenters. The molecule has 0 fully saturated rings. The predicted octanol–water partition coefficient (Wildman–Crippen LogP) is 1.29. The maximum atomic E-state index is 5.52. The average Bonchev–Trinajstić information content (AvgIpc) is 2.98. The van der Waals surface area contributed by atoms with Crippen molar-refractivity contribution in [2.24, 2.45) is 0 Å². The van der Waals surface area contributed by atoms with E-state index in [1.165, 1.54) is 0 Å². The van der Waals surface area contributed by atoms with Crippen molar-refractivity contribution in [1.29, 1.82) is 0 Å². The lowest BCUT2D eigenvalue weighted by atomic mass is 10.5. The maximum absolute atomic E-state index is 5.52. The molecule has 0 aromatic carbocycles. The molecule has 0 spiro atoms. The van der Waals surface area contributed by atoms with E-state index in [4.69, 9.17) is 9.47 Å². The van der Waals surface area contributed by atoms with E-state index in [2.05, 4.69) is 25.3 Å². The van der Waals surface area contributed by atoms with Crippen molar-refractivity contribution in [3.63, 3.8) is 0 Å². The molecule has 0 amide bonds. The van der Waals surface area contributed by atoms with Crippen molar-refractivity contribution in [2.45, 2.75) is 26.9 Å². The number of anilines is 1. The third-order valence-corrected chi connectivity index (χ3v) is 2.44. The van der Waals surface area contributed by atoms with Crippen molar-refractivity contribution in [2.75, 3.05) is 25.1 Å². The van der Waals surface area contributed by atoms with Crippen LogP contribution in [0, 0.1) is 0 Å². The first-order chi connectivity index (χ1) is 10.2. The largest absolute Gasteiger partial charge is 0.461 e. The normalized spacial score (nSPS) is 10.9. The van der Waals surface area contributed by atoms with Crippen molar-refractivity contribution in [1.82, 2.24) is 24.5 Å². The molecule has 2 rings (SSSR count). The molecule has 0 radical (unpaired) electrons. The molecule has 8 nitrogen and oxygen atoms in total. The lowest BCUT2D eigenvalue weighted by molar-refractivity contribution is 0.0531. The van der Waals surface area contributed by atoms with Crippen LogP contribution in [0.1, 0.15) is 20.8 Å². The molecular weight excluding hydrogens is 272 g/mol. The summed E-state index contributed by atoms with van der Waals surface area (Å²) in [6.45, 7) is 7.51. The summed E-state index contributed by atoms with van der Waals surface area (Å²) in [5.41, 5.74) is 0. The average molecular weight is 292 g/mol. The van der Waals surface area contributed by atoms with Crippen LogP contribution in [0.2, 0.25) is 0 Å². The fraction of sp³-hybridized carbons (Fsp3) is 0.538. The van der Waals surface area contributed by atoms with Crippen LogP contribution < -0.4 is 10.1 Å². The molecule has 8 heteroatoms. The Morgan fingerprint density at radius 1 is 1.24 bits per heavy atom. The number of aromatic nitrogens is 5. The Hall–Kier alpha value is -2.22. The predicted molar refractivity (Wildman–Crippen MR) is 77.7 cm³/mol. The SMILES string of the molecule is CCNc1nc(OCCOC(C)C)nc(-n2ccnc2)n1. The fourth-order valence-corrected chi connectivity index (χ4v) is 1.56. The summed E-state index contributed by atoms with van der Waals surface area (Å²) in [6.07, 6.45) is 5.21. The first kappa shape index (κ1) is 15.2. The minimum absolute atomic E-state index is 0.172. The minimum atomic E-state index is 0.172. The van der Waals surface area contributed by atoms with Crippen molar-refractivity contribution < 1.29 is 9.47 Å². The molecule has 2 aromatic rings. The summed E-state index contributed by atoms with van der Waals surface area (Å²) in [5.74, 6) is 0.925. The Balaban J connectivity index is 2.08. The van der Waals surface area contributed by atoms with Gasteiger partial charge in [0.25, 0.3) is 0 Å². The lowest BCUT2D eigenvalue weighted by Gasteiger charge is -2.10. The van der Waals surface area contributed by atoms with Crippen molar-refractivity contribution in [3.05, 3.63) is 18.7 Å². The third-order valence-electron chi connectivity index (χ3n) is 2.44. The van der Waals surface area contributed by atoms with Gasteiger partial charge in [-0.3, -0.25) is 4.57 Å². The zero-order valence-corrected chi connectivity index (χ0v) is 12.5. The summed E-state index contributed by atoms with van der Waals surface area (Å²) >= 11 is 0. The first-order valence-electron chi connectivity index (χ1n) is 6.91. The molecule has 2 aromatic heterocycles. The number of ether oxygens (including phenoxy) is 2. The van der Waals surface area contributed by atoms with Crippen LogP contribution >= 0.6 is 0 Å². The van der Waals surface area contributed by atoms with Gasteiger partial charge in [0.05, 0.1) is 12.7 Å². The zero-order chi connectivity index (χ0) is 15.1. The minimum Gasteiger partial charge on any atom is -0.461 e. The number of rotatable bonds is 8. The van der Waals surface area contributed by atoms with Crippen LogP contribution in [0.5, 0.6) is 6.01 Å². The van der Waals surface area contributed by atoms with Crippen molar-refractivity contribution in [3.8, 4) is 12.0 Å². The standard InChI is InChI=1S/C13H20N6O2/c1-4-15-11-16-12(19-6-5-14-9-19)18-13(17-11)21-8-7-20-10(2)3/h5-6,9-10H,4,7-8H2,1-3H3,(H,15,16,17,18). The van der Waals surface area contributed by atoms with Gasteiger partial charge in [0, 0.05) is 18.9 Å². The highest BCUT2D eigenvalue weighted by molar-refractivity contribution is 5.30. The number of nitrogens with zero attached hydrogens (tertiary/aromatic N) is 5. The molecule has 0 aliphatic carbocycles. The topological polar surface area (TPSA) is 87.0 Å². The van der Waals surface area contributed by atoms with Gasteiger partial charge in [0.15, 0.2) is 0 Å². The van der Waals surface area contributed by atoms with E-state index in [-0.39, 0.29) is 12.1 Å². The van der Waals surface area contributed by atoms with E-state index >= 15 is 0 Å². The number of nitrogens with one attached hydrogen (secondary N) is 1. The molecule has 0 unspecified atom stereocenters. The van der Waals surface area contributed by atoms with Crippen LogP contribution in [0.4, 0.5) is 5.95 Å². The van der Waals surface area contributed by atoms with Gasteiger partial charge in [-0.15, -0.1) is 0 Å². The van der Waals surface area contributed by atoms with Gasteiger partial charge >= 0.3 is 6.01 Å². The number of hydrogen-bond acceptors (Lipinski definition) is 7. The summed E-state index contributed by atoms with van der Waals surface area (Å²) in [6, 6.07) is 0.261. The van der Waals surface area contributed by atoms with E-state index in [9.17, 15) is 0 Å². The Morgan fingerprint density at radius 3 is 2.76 bits per heavy atom. The zero-order valence-electron chi connectivity index (χ0n) is 12.5. The Labute approximate surface area is 123 Å². The van der Waals surface area contributed by atoms with E-state index in [1.54, 1.807) is 23.3 Å². The molecule has 2 heterocycles. The van der Waals surface area contributed by atoms with Crippen LogP contribution in [-0.2, 0) is 4.74 Å². The second kappa shape index (κ2) is 7.53. The van der Waals surface area contributed by atoms with Gasteiger partial charge in [-0.05, 0) is 20.8 Å². The van der Waals surface area contributed by atoms with E-state index < -0.39 is 0 Å². The Bertz CT molecular complexity index is 544. The lowest BCUT2D eigenvalue weighted by Crippen LogP contribution is -2.14. The summed E-state index contributed by atoms with van der Waals surface area (Å²) in [4.78, 5) is 16.7. The molecule has 0 aliphatic heterocycles.